The summed E-state index contributed by atoms with van der Waals surface area (Å²) in [5, 5.41) is 0. The molecule has 0 aromatic rings. The molecule has 0 aromatic carbocycles. The first-order valence-electron chi connectivity index (χ1n) is 6.77. The molecule has 2 N–H and O–H groups in total. The normalized spacial score (nSPS) is 57.8. The van der Waals surface area contributed by atoms with Crippen molar-refractivity contribution >= 4 is 0 Å². The van der Waals surface area contributed by atoms with E-state index in [1.54, 1.807) is 0 Å². The summed E-state index contributed by atoms with van der Waals surface area (Å²) < 4.78 is 0. The topological polar surface area (TPSA) is 26.0 Å². The largest absolute Gasteiger partial charge is 0.327 e. The Morgan fingerprint density at radius 2 is 1.93 bits per heavy atom. The number of fused-ring (bicyclic) bond motifs is 1. The molecular weight excluding hydrogens is 182 g/mol. The molecule has 1 nitrogen and oxygen atoms in total. The molecule has 86 valence electrons. The van der Waals surface area contributed by atoms with Crippen LogP contribution in [0.15, 0.2) is 0 Å². The van der Waals surface area contributed by atoms with Gasteiger partial charge in [0.2, 0.25) is 0 Å². The van der Waals surface area contributed by atoms with E-state index in [2.05, 4.69) is 20.8 Å². The molecule has 6 atom stereocenters. The van der Waals surface area contributed by atoms with E-state index in [1.165, 1.54) is 25.7 Å². The van der Waals surface area contributed by atoms with Gasteiger partial charge in [-0.05, 0) is 60.7 Å². The molecule has 0 saturated heterocycles. The quantitative estimate of drug-likeness (QED) is 0.702. The molecule has 0 aromatic heterocycles. The Morgan fingerprint density at radius 1 is 1.20 bits per heavy atom. The third-order valence-corrected chi connectivity index (χ3v) is 5.96. The highest BCUT2D eigenvalue weighted by Gasteiger charge is 2.59. The molecule has 4 aliphatic carbocycles. The van der Waals surface area contributed by atoms with Crippen LogP contribution < -0.4 is 5.73 Å². The van der Waals surface area contributed by atoms with Crippen LogP contribution in [0.1, 0.15) is 46.5 Å². The summed E-state index contributed by atoms with van der Waals surface area (Å²) >= 11 is 0. The summed E-state index contributed by atoms with van der Waals surface area (Å²) in [5.41, 5.74) is 6.92. The van der Waals surface area contributed by atoms with Gasteiger partial charge in [0, 0.05) is 6.04 Å². The molecule has 4 aliphatic rings. The Balaban J connectivity index is 1.92. The molecule has 0 amide bonds. The fourth-order valence-electron chi connectivity index (χ4n) is 5.26. The van der Waals surface area contributed by atoms with Crippen LogP contribution in [0, 0.1) is 35.0 Å². The highest BCUT2D eigenvalue weighted by atomic mass is 14.8. The zero-order chi connectivity index (χ0) is 10.8. The standard InChI is InChI=1S/C14H25N/c1-8(2)11-7-14(3)6-9-4-10(11)12(14)5-13(9)15/h8-13H,4-7,15H2,1-3H3/t9-,10+,11-,12+,13-,14-/m1/s1. The molecule has 4 bridgehead atoms. The lowest BCUT2D eigenvalue weighted by atomic mass is 9.55. The summed E-state index contributed by atoms with van der Waals surface area (Å²) in [7, 11) is 0. The van der Waals surface area contributed by atoms with E-state index in [-0.39, 0.29) is 0 Å². The lowest BCUT2D eigenvalue weighted by Gasteiger charge is -2.51. The van der Waals surface area contributed by atoms with Crippen LogP contribution in [0.4, 0.5) is 0 Å². The molecule has 15 heavy (non-hydrogen) atoms. The molecule has 0 unspecified atom stereocenters. The molecule has 4 rings (SSSR count). The average molecular weight is 207 g/mol. The Bertz CT molecular complexity index is 273. The molecule has 0 aliphatic heterocycles. The zero-order valence-electron chi connectivity index (χ0n) is 10.4. The van der Waals surface area contributed by atoms with Gasteiger partial charge in [0.05, 0.1) is 0 Å². The molecule has 0 spiro atoms. The van der Waals surface area contributed by atoms with Crippen LogP contribution in [0.5, 0.6) is 0 Å². The van der Waals surface area contributed by atoms with Gasteiger partial charge in [0.1, 0.15) is 0 Å². The minimum absolute atomic E-state index is 0.533. The van der Waals surface area contributed by atoms with E-state index in [4.69, 9.17) is 5.73 Å². The Kier molecular flexibility index (Phi) is 2.03. The van der Waals surface area contributed by atoms with Crippen LogP contribution in [0.2, 0.25) is 0 Å². The number of hydrogen-bond donors (Lipinski definition) is 1. The second-order valence-electron chi connectivity index (χ2n) is 7.14. The van der Waals surface area contributed by atoms with E-state index in [1.807, 2.05) is 0 Å². The van der Waals surface area contributed by atoms with Gasteiger partial charge in [0.25, 0.3) is 0 Å². The van der Waals surface area contributed by atoms with Crippen LogP contribution in [0.3, 0.4) is 0 Å². The van der Waals surface area contributed by atoms with Crippen molar-refractivity contribution in [2.24, 2.45) is 40.7 Å². The monoisotopic (exact) mass is 207 g/mol. The molecular formula is C14H25N. The second-order valence-corrected chi connectivity index (χ2v) is 7.14. The minimum Gasteiger partial charge on any atom is -0.327 e. The van der Waals surface area contributed by atoms with Crippen LogP contribution in [-0.4, -0.2) is 6.04 Å². The van der Waals surface area contributed by atoms with E-state index in [0.717, 1.165) is 29.6 Å². The highest BCUT2D eigenvalue weighted by Crippen LogP contribution is 2.66. The van der Waals surface area contributed by atoms with Gasteiger partial charge in [-0.15, -0.1) is 0 Å². The first-order chi connectivity index (χ1) is 7.01. The maximum Gasteiger partial charge on any atom is 0.00704 e. The SMILES string of the molecule is CC(C)[C@H]1C[C@@]2(C)C[C@H]3C[C@@H]1[C@@H]2C[C@H]3N. The Labute approximate surface area is 93.8 Å². The first kappa shape index (κ1) is 10.1. The number of rotatable bonds is 1. The maximum absolute atomic E-state index is 6.25. The summed E-state index contributed by atoms with van der Waals surface area (Å²) in [6.45, 7) is 7.38. The molecule has 4 fully saturated rings. The molecule has 4 saturated carbocycles. The van der Waals surface area contributed by atoms with Crippen molar-refractivity contribution in [1.82, 2.24) is 0 Å². The van der Waals surface area contributed by atoms with Crippen LogP contribution in [0.25, 0.3) is 0 Å². The Morgan fingerprint density at radius 3 is 2.53 bits per heavy atom. The summed E-state index contributed by atoms with van der Waals surface area (Å²) in [6.07, 6.45) is 5.70. The van der Waals surface area contributed by atoms with Gasteiger partial charge in [-0.3, -0.25) is 0 Å². The third-order valence-electron chi connectivity index (χ3n) is 5.96. The second kappa shape index (κ2) is 3.00. The molecule has 1 heteroatoms. The van der Waals surface area contributed by atoms with Crippen molar-refractivity contribution in [2.75, 3.05) is 0 Å². The van der Waals surface area contributed by atoms with Crippen LogP contribution >= 0.6 is 0 Å². The fourth-order valence-corrected chi connectivity index (χ4v) is 5.26. The fraction of sp³-hybridized carbons (Fsp3) is 1.00. The average Bonchev–Trinajstić information content (AvgIpc) is 2.36. The maximum atomic E-state index is 6.25. The van der Waals surface area contributed by atoms with Gasteiger partial charge >= 0.3 is 0 Å². The number of nitrogens with two attached hydrogens (primary N) is 1. The third kappa shape index (κ3) is 1.25. The van der Waals surface area contributed by atoms with Crippen molar-refractivity contribution < 1.29 is 0 Å². The lowest BCUT2D eigenvalue weighted by molar-refractivity contribution is -0.000670. The lowest BCUT2D eigenvalue weighted by Crippen LogP contribution is -2.50. The van der Waals surface area contributed by atoms with Crippen molar-refractivity contribution in [3.8, 4) is 0 Å². The summed E-state index contributed by atoms with van der Waals surface area (Å²) in [5.74, 6) is 4.72. The smallest absolute Gasteiger partial charge is 0.00704 e. The van der Waals surface area contributed by atoms with Crippen molar-refractivity contribution in [3.05, 3.63) is 0 Å². The van der Waals surface area contributed by atoms with E-state index in [9.17, 15) is 0 Å². The molecule has 0 heterocycles. The van der Waals surface area contributed by atoms with Gasteiger partial charge in [-0.2, -0.15) is 0 Å². The van der Waals surface area contributed by atoms with E-state index < -0.39 is 0 Å². The summed E-state index contributed by atoms with van der Waals surface area (Å²) in [4.78, 5) is 0. The van der Waals surface area contributed by atoms with Gasteiger partial charge in [0.15, 0.2) is 0 Å². The highest BCUT2D eigenvalue weighted by molar-refractivity contribution is 5.10. The first-order valence-corrected chi connectivity index (χ1v) is 6.77. The summed E-state index contributed by atoms with van der Waals surface area (Å²) in [6, 6.07) is 0.533. The van der Waals surface area contributed by atoms with Crippen molar-refractivity contribution in [1.29, 1.82) is 0 Å². The number of hydrogen-bond acceptors (Lipinski definition) is 1. The van der Waals surface area contributed by atoms with Crippen LogP contribution in [-0.2, 0) is 0 Å². The van der Waals surface area contributed by atoms with Gasteiger partial charge < -0.3 is 5.73 Å². The van der Waals surface area contributed by atoms with E-state index in [0.29, 0.717) is 11.5 Å². The van der Waals surface area contributed by atoms with E-state index >= 15 is 0 Å². The van der Waals surface area contributed by atoms with Gasteiger partial charge in [-0.25, -0.2) is 0 Å². The van der Waals surface area contributed by atoms with Gasteiger partial charge in [-0.1, -0.05) is 20.8 Å². The van der Waals surface area contributed by atoms with Crippen molar-refractivity contribution in [3.63, 3.8) is 0 Å². The van der Waals surface area contributed by atoms with Crippen molar-refractivity contribution in [2.45, 2.75) is 52.5 Å². The predicted octanol–water partition coefficient (Wildman–Crippen LogP) is 3.04. The minimum atomic E-state index is 0.533. The molecule has 0 radical (unpaired) electrons. The zero-order valence-corrected chi connectivity index (χ0v) is 10.4. The Hall–Kier alpha value is -0.0400. The predicted molar refractivity (Wildman–Crippen MR) is 63.3 cm³/mol.